The number of hydrogen-bond acceptors (Lipinski definition) is 5. The third-order valence-electron chi connectivity index (χ3n) is 4.70. The topological polar surface area (TPSA) is 52.4 Å². The molecule has 2 heterocycles. The number of hydrogen-bond donors (Lipinski definition) is 0. The largest absolute Gasteiger partial charge is 0.492 e. The summed E-state index contributed by atoms with van der Waals surface area (Å²) in [5, 5.41) is 8.62. The molecule has 24 heavy (non-hydrogen) atoms. The van der Waals surface area contributed by atoms with E-state index in [4.69, 9.17) is 9.47 Å². The van der Waals surface area contributed by atoms with E-state index in [1.54, 1.807) is 0 Å². The fourth-order valence-corrected chi connectivity index (χ4v) is 3.60. The van der Waals surface area contributed by atoms with Gasteiger partial charge in [0.25, 0.3) is 0 Å². The smallest absolute Gasteiger partial charge is 0.135 e. The van der Waals surface area contributed by atoms with E-state index in [2.05, 4.69) is 37.2 Å². The van der Waals surface area contributed by atoms with Crippen LogP contribution in [0, 0.1) is 5.92 Å². The molecule has 0 atom stereocenters. The predicted molar refractivity (Wildman–Crippen MR) is 95.3 cm³/mol. The minimum Gasteiger partial charge on any atom is -0.492 e. The van der Waals surface area contributed by atoms with Crippen molar-refractivity contribution in [1.29, 1.82) is 0 Å². The Kier molecular flexibility index (Phi) is 5.01. The molecule has 0 amide bonds. The molecule has 7 heteroatoms. The van der Waals surface area contributed by atoms with Crippen molar-refractivity contribution in [3.8, 4) is 5.75 Å². The Morgan fingerprint density at radius 3 is 2.88 bits per heavy atom. The van der Waals surface area contributed by atoms with Crippen LogP contribution in [0.25, 0.3) is 11.0 Å². The van der Waals surface area contributed by atoms with E-state index in [-0.39, 0.29) is 0 Å². The van der Waals surface area contributed by atoms with Crippen LogP contribution in [0.4, 0.5) is 0 Å². The van der Waals surface area contributed by atoms with Gasteiger partial charge >= 0.3 is 0 Å². The summed E-state index contributed by atoms with van der Waals surface area (Å²) in [6.45, 7) is 6.49. The average molecular weight is 395 g/mol. The van der Waals surface area contributed by atoms with Crippen LogP contribution in [0.1, 0.15) is 19.3 Å². The lowest BCUT2D eigenvalue weighted by Crippen LogP contribution is -2.37. The zero-order valence-electron chi connectivity index (χ0n) is 13.8. The lowest BCUT2D eigenvalue weighted by molar-refractivity contribution is 0.0358. The summed E-state index contributed by atoms with van der Waals surface area (Å²) in [7, 11) is 0. The second kappa shape index (κ2) is 7.37. The molecule has 1 aliphatic carbocycles. The minimum atomic E-state index is 0.706. The van der Waals surface area contributed by atoms with Crippen molar-refractivity contribution in [1.82, 2.24) is 19.9 Å². The van der Waals surface area contributed by atoms with Crippen molar-refractivity contribution in [3.63, 3.8) is 0 Å². The van der Waals surface area contributed by atoms with Gasteiger partial charge < -0.3 is 9.47 Å². The minimum absolute atomic E-state index is 0.706. The Hall–Kier alpha value is -1.18. The Morgan fingerprint density at radius 2 is 2.08 bits per heavy atom. The molecule has 0 unspecified atom stereocenters. The second-order valence-electron chi connectivity index (χ2n) is 6.62. The summed E-state index contributed by atoms with van der Waals surface area (Å²) >= 11 is 3.64. The molecule has 1 saturated heterocycles. The van der Waals surface area contributed by atoms with Gasteiger partial charge in [-0.25, -0.2) is 4.68 Å². The molecule has 6 nitrogen and oxygen atoms in total. The van der Waals surface area contributed by atoms with Crippen LogP contribution in [0.3, 0.4) is 0 Å². The van der Waals surface area contributed by atoms with E-state index in [0.717, 1.165) is 73.0 Å². The van der Waals surface area contributed by atoms with Crippen LogP contribution in [-0.4, -0.2) is 59.3 Å². The van der Waals surface area contributed by atoms with Crippen LogP contribution in [0.5, 0.6) is 5.75 Å². The first kappa shape index (κ1) is 16.3. The molecule has 1 aliphatic heterocycles. The van der Waals surface area contributed by atoms with Crippen LogP contribution < -0.4 is 4.74 Å². The SMILES string of the molecule is Brc1c(OCCCN2CCOCC2)ccc2c1nnn2CC1CC1. The second-order valence-corrected chi connectivity index (χ2v) is 7.41. The highest BCUT2D eigenvalue weighted by Crippen LogP contribution is 2.34. The molecule has 1 saturated carbocycles. The van der Waals surface area contributed by atoms with Gasteiger partial charge in [0.2, 0.25) is 0 Å². The first-order valence-corrected chi connectivity index (χ1v) is 9.55. The normalized spacial score (nSPS) is 19.0. The van der Waals surface area contributed by atoms with E-state index in [1.807, 2.05) is 10.7 Å². The van der Waals surface area contributed by atoms with E-state index < -0.39 is 0 Å². The van der Waals surface area contributed by atoms with Crippen molar-refractivity contribution in [2.24, 2.45) is 5.92 Å². The highest BCUT2D eigenvalue weighted by molar-refractivity contribution is 9.10. The van der Waals surface area contributed by atoms with E-state index >= 15 is 0 Å². The van der Waals surface area contributed by atoms with Crippen molar-refractivity contribution >= 4 is 27.0 Å². The maximum Gasteiger partial charge on any atom is 0.135 e. The van der Waals surface area contributed by atoms with Gasteiger partial charge in [0.15, 0.2) is 0 Å². The number of benzene rings is 1. The zero-order valence-corrected chi connectivity index (χ0v) is 15.4. The third kappa shape index (κ3) is 3.73. The van der Waals surface area contributed by atoms with Crippen LogP contribution in [0.15, 0.2) is 16.6 Å². The van der Waals surface area contributed by atoms with Gasteiger partial charge in [0.1, 0.15) is 11.3 Å². The molecule has 1 aromatic heterocycles. The Balaban J connectivity index is 1.34. The van der Waals surface area contributed by atoms with Gasteiger partial charge in [-0.1, -0.05) is 5.21 Å². The summed E-state index contributed by atoms with van der Waals surface area (Å²) in [5.74, 6) is 1.63. The molecule has 0 bridgehead atoms. The lowest BCUT2D eigenvalue weighted by Gasteiger charge is -2.26. The first-order chi connectivity index (χ1) is 11.8. The number of rotatable bonds is 7. The van der Waals surface area contributed by atoms with Crippen LogP contribution in [0.2, 0.25) is 0 Å². The van der Waals surface area contributed by atoms with Crippen molar-refractivity contribution in [2.75, 3.05) is 39.5 Å². The third-order valence-corrected chi connectivity index (χ3v) is 5.46. The Bertz CT molecular complexity index is 695. The molecular formula is C17H23BrN4O2. The number of aromatic nitrogens is 3. The lowest BCUT2D eigenvalue weighted by atomic mass is 10.3. The van der Waals surface area contributed by atoms with Gasteiger partial charge in [-0.3, -0.25) is 4.90 Å². The molecule has 4 rings (SSSR count). The molecule has 0 N–H and O–H groups in total. The molecule has 2 aliphatic rings. The summed E-state index contributed by atoms with van der Waals surface area (Å²) in [4.78, 5) is 2.43. The average Bonchev–Trinajstić information content (AvgIpc) is 3.33. The number of fused-ring (bicyclic) bond motifs is 1. The van der Waals surface area contributed by atoms with E-state index in [9.17, 15) is 0 Å². The summed E-state index contributed by atoms with van der Waals surface area (Å²) in [6, 6.07) is 4.09. The van der Waals surface area contributed by atoms with E-state index in [0.29, 0.717) is 6.61 Å². The van der Waals surface area contributed by atoms with Gasteiger partial charge in [0.05, 0.1) is 29.8 Å². The molecule has 0 radical (unpaired) electrons. The zero-order chi connectivity index (χ0) is 16.4. The summed E-state index contributed by atoms with van der Waals surface area (Å²) < 4.78 is 14.2. The molecule has 2 fully saturated rings. The molecule has 2 aromatic rings. The maximum absolute atomic E-state index is 5.96. The van der Waals surface area contributed by atoms with Crippen molar-refractivity contribution < 1.29 is 9.47 Å². The molecule has 130 valence electrons. The molecule has 1 aromatic carbocycles. The maximum atomic E-state index is 5.96. The Morgan fingerprint density at radius 1 is 1.25 bits per heavy atom. The number of morpholine rings is 1. The van der Waals surface area contributed by atoms with Gasteiger partial charge in [0, 0.05) is 26.2 Å². The van der Waals surface area contributed by atoms with Gasteiger partial charge in [-0.05, 0) is 53.2 Å². The summed E-state index contributed by atoms with van der Waals surface area (Å²) in [5.41, 5.74) is 1.97. The number of halogens is 1. The fourth-order valence-electron chi connectivity index (χ4n) is 3.07. The fraction of sp³-hybridized carbons (Fsp3) is 0.647. The van der Waals surface area contributed by atoms with Crippen molar-refractivity contribution in [3.05, 3.63) is 16.6 Å². The highest BCUT2D eigenvalue weighted by Gasteiger charge is 2.23. The van der Waals surface area contributed by atoms with Crippen LogP contribution >= 0.6 is 15.9 Å². The van der Waals surface area contributed by atoms with Crippen LogP contribution in [-0.2, 0) is 11.3 Å². The quantitative estimate of drug-likeness (QED) is 0.675. The van der Waals surface area contributed by atoms with E-state index in [1.165, 1.54) is 12.8 Å². The van der Waals surface area contributed by atoms with Gasteiger partial charge in [-0.15, -0.1) is 5.10 Å². The number of ether oxygens (including phenoxy) is 2. The predicted octanol–water partition coefficient (Wildman–Crippen LogP) is 2.70. The van der Waals surface area contributed by atoms with Crippen molar-refractivity contribution in [2.45, 2.75) is 25.8 Å². The Labute approximate surface area is 150 Å². The van der Waals surface area contributed by atoms with Gasteiger partial charge in [-0.2, -0.15) is 0 Å². The molecular weight excluding hydrogens is 372 g/mol. The number of nitrogens with zero attached hydrogens (tertiary/aromatic N) is 4. The summed E-state index contributed by atoms with van der Waals surface area (Å²) in [6.07, 6.45) is 3.64. The molecule has 0 spiro atoms. The first-order valence-electron chi connectivity index (χ1n) is 8.76. The highest BCUT2D eigenvalue weighted by atomic mass is 79.9. The standard InChI is InChI=1S/C17H23BrN4O2/c18-16-15(24-9-1-6-21-7-10-23-11-8-21)5-4-14-17(16)19-20-22(14)12-13-2-3-13/h4-5,13H,1-3,6-12H2. The monoisotopic (exact) mass is 394 g/mol.